The summed E-state index contributed by atoms with van der Waals surface area (Å²) in [5.41, 5.74) is 2.17. The number of aliphatic carboxylic acids is 1. The van der Waals surface area contributed by atoms with Gasteiger partial charge in [0.1, 0.15) is 6.04 Å². The molecule has 2 aliphatic rings. The monoisotopic (exact) mass is 453 g/mol. The van der Waals surface area contributed by atoms with Crippen molar-refractivity contribution >= 4 is 28.7 Å². The summed E-state index contributed by atoms with van der Waals surface area (Å²) in [6.07, 6.45) is 10.3. The van der Waals surface area contributed by atoms with Crippen LogP contribution in [0.1, 0.15) is 63.4 Å². The van der Waals surface area contributed by atoms with E-state index in [0.29, 0.717) is 13.0 Å². The van der Waals surface area contributed by atoms with Crippen molar-refractivity contribution < 1.29 is 19.5 Å². The van der Waals surface area contributed by atoms with Crippen LogP contribution in [0.3, 0.4) is 0 Å². The molecule has 1 aromatic heterocycles. The molecule has 1 aliphatic heterocycles. The van der Waals surface area contributed by atoms with Crippen LogP contribution in [-0.2, 0) is 27.3 Å². The van der Waals surface area contributed by atoms with E-state index >= 15 is 0 Å². The number of hydrogen-bond donors (Lipinski definition) is 3. The fraction of sp³-hybridized carbons (Fsp3) is 0.577. The molecule has 2 amide bonds. The molecule has 2 atom stereocenters. The molecule has 2 aromatic rings. The van der Waals surface area contributed by atoms with E-state index in [-0.39, 0.29) is 24.2 Å². The Hall–Kier alpha value is -2.83. The Bertz CT molecular complexity index is 993. The molecule has 0 spiro atoms. The standard InChI is InChI=1S/C26H35N3O4/c30-24(31)16-21(18-9-3-4-10-18)25(32)28-22-15-19-17-29(23-12-6-5-11-20(19)23)14-8-2-1-7-13-27-26(22)33/h5-6,11-12,17-18,21-22H,1-4,7-10,13-16H2,(H,27,33)(H,28,32)(H,30,31)/t21-,22+/m1/s1. The molecule has 0 unspecified atom stereocenters. The van der Waals surface area contributed by atoms with Crippen LogP contribution in [0.15, 0.2) is 30.5 Å². The fourth-order valence-electron chi connectivity index (χ4n) is 5.50. The number of carboxylic acid groups (broad SMARTS) is 1. The molecule has 4 rings (SSSR count). The van der Waals surface area contributed by atoms with Crippen LogP contribution in [-0.4, -0.2) is 40.0 Å². The molecule has 7 heteroatoms. The maximum Gasteiger partial charge on any atom is 0.304 e. The Kier molecular flexibility index (Phi) is 7.68. The molecule has 0 saturated heterocycles. The third-order valence-corrected chi connectivity index (χ3v) is 7.25. The molecule has 1 aliphatic carbocycles. The van der Waals surface area contributed by atoms with Gasteiger partial charge in [-0.15, -0.1) is 0 Å². The van der Waals surface area contributed by atoms with Crippen molar-refractivity contribution in [2.24, 2.45) is 11.8 Å². The molecule has 33 heavy (non-hydrogen) atoms. The number of hydrogen-bond acceptors (Lipinski definition) is 3. The second kappa shape index (κ2) is 10.9. The summed E-state index contributed by atoms with van der Waals surface area (Å²) in [4.78, 5) is 37.9. The minimum Gasteiger partial charge on any atom is -0.481 e. The van der Waals surface area contributed by atoms with E-state index in [4.69, 9.17) is 0 Å². The van der Waals surface area contributed by atoms with Gasteiger partial charge < -0.3 is 20.3 Å². The highest BCUT2D eigenvalue weighted by Gasteiger charge is 2.34. The minimum atomic E-state index is -0.968. The van der Waals surface area contributed by atoms with Gasteiger partial charge in [0.05, 0.1) is 12.3 Å². The first kappa shape index (κ1) is 23.3. The van der Waals surface area contributed by atoms with Gasteiger partial charge in [0.25, 0.3) is 0 Å². The zero-order valence-electron chi connectivity index (χ0n) is 19.2. The average Bonchev–Trinajstić information content (AvgIpc) is 3.44. The molecule has 1 aromatic carbocycles. The lowest BCUT2D eigenvalue weighted by Gasteiger charge is -2.25. The number of carboxylic acids is 1. The second-order valence-electron chi connectivity index (χ2n) is 9.58. The fourth-order valence-corrected chi connectivity index (χ4v) is 5.50. The SMILES string of the molecule is O=C(O)C[C@@H](C(=O)N[C@H]1Cc2cn(c3ccccc23)CCCCCCNC1=O)C1CCCC1. The largest absolute Gasteiger partial charge is 0.481 e. The Morgan fingerprint density at radius 2 is 1.85 bits per heavy atom. The van der Waals surface area contributed by atoms with Crippen molar-refractivity contribution in [1.29, 1.82) is 0 Å². The van der Waals surface area contributed by atoms with E-state index in [1.165, 1.54) is 0 Å². The minimum absolute atomic E-state index is 0.0702. The van der Waals surface area contributed by atoms with Crippen molar-refractivity contribution in [2.75, 3.05) is 6.54 Å². The molecule has 0 radical (unpaired) electrons. The van der Waals surface area contributed by atoms with Gasteiger partial charge in [-0.2, -0.15) is 0 Å². The number of rotatable bonds is 5. The van der Waals surface area contributed by atoms with Gasteiger partial charge in [0.15, 0.2) is 0 Å². The van der Waals surface area contributed by atoms with Crippen LogP contribution in [0.4, 0.5) is 0 Å². The van der Waals surface area contributed by atoms with E-state index in [2.05, 4.69) is 33.5 Å². The van der Waals surface area contributed by atoms with E-state index in [0.717, 1.165) is 74.4 Å². The van der Waals surface area contributed by atoms with Gasteiger partial charge in [0.2, 0.25) is 11.8 Å². The van der Waals surface area contributed by atoms with E-state index in [9.17, 15) is 19.5 Å². The van der Waals surface area contributed by atoms with E-state index < -0.39 is 17.9 Å². The normalized spacial score (nSPS) is 21.5. The van der Waals surface area contributed by atoms with E-state index in [1.54, 1.807) is 0 Å². The summed E-state index contributed by atoms with van der Waals surface area (Å²) in [7, 11) is 0. The molecule has 178 valence electrons. The summed E-state index contributed by atoms with van der Waals surface area (Å²) < 4.78 is 2.26. The first-order valence-electron chi connectivity index (χ1n) is 12.4. The number of fused-ring (bicyclic) bond motifs is 5. The van der Waals surface area contributed by atoms with Gasteiger partial charge >= 0.3 is 5.97 Å². The number of aryl methyl sites for hydroxylation is 1. The average molecular weight is 454 g/mol. The predicted molar refractivity (Wildman–Crippen MR) is 127 cm³/mol. The maximum absolute atomic E-state index is 13.3. The lowest BCUT2D eigenvalue weighted by Crippen LogP contribution is -2.50. The molecular weight excluding hydrogens is 418 g/mol. The molecular formula is C26H35N3O4. The van der Waals surface area contributed by atoms with Crippen molar-refractivity contribution in [2.45, 2.75) is 76.8 Å². The number of carbonyl (C=O) groups is 3. The zero-order chi connectivity index (χ0) is 23.2. The number of nitrogens with zero attached hydrogens (tertiary/aromatic N) is 1. The smallest absolute Gasteiger partial charge is 0.304 e. The van der Waals surface area contributed by atoms with Crippen LogP contribution in [0, 0.1) is 11.8 Å². The number of amides is 2. The summed E-state index contributed by atoms with van der Waals surface area (Å²) in [6, 6.07) is 7.46. The second-order valence-corrected chi connectivity index (χ2v) is 9.58. The number of para-hydroxylation sites is 1. The van der Waals surface area contributed by atoms with Crippen LogP contribution in [0.2, 0.25) is 0 Å². The topological polar surface area (TPSA) is 100 Å². The summed E-state index contributed by atoms with van der Waals surface area (Å²) in [5.74, 6) is -1.99. The van der Waals surface area contributed by atoms with Crippen LogP contribution in [0.25, 0.3) is 10.9 Å². The number of aromatic nitrogens is 1. The Morgan fingerprint density at radius 1 is 1.09 bits per heavy atom. The van der Waals surface area contributed by atoms with Gasteiger partial charge in [-0.1, -0.05) is 43.9 Å². The third kappa shape index (κ3) is 5.75. The zero-order valence-corrected chi connectivity index (χ0v) is 19.2. The van der Waals surface area contributed by atoms with Gasteiger partial charge in [-0.3, -0.25) is 14.4 Å². The quantitative estimate of drug-likeness (QED) is 0.643. The summed E-state index contributed by atoms with van der Waals surface area (Å²) >= 11 is 0. The Balaban J connectivity index is 1.60. The molecule has 1 fully saturated rings. The van der Waals surface area contributed by atoms with Crippen molar-refractivity contribution in [3.05, 3.63) is 36.0 Å². The predicted octanol–water partition coefficient (Wildman–Crippen LogP) is 3.64. The van der Waals surface area contributed by atoms with E-state index in [1.807, 2.05) is 12.1 Å². The lowest BCUT2D eigenvalue weighted by atomic mass is 9.87. The van der Waals surface area contributed by atoms with Crippen LogP contribution >= 0.6 is 0 Å². The third-order valence-electron chi connectivity index (χ3n) is 7.25. The molecule has 7 nitrogen and oxygen atoms in total. The van der Waals surface area contributed by atoms with Crippen molar-refractivity contribution in [1.82, 2.24) is 15.2 Å². The first-order valence-corrected chi connectivity index (χ1v) is 12.4. The number of nitrogens with one attached hydrogen (secondary N) is 2. The van der Waals surface area contributed by atoms with Crippen LogP contribution < -0.4 is 10.6 Å². The van der Waals surface area contributed by atoms with Crippen molar-refractivity contribution in [3.8, 4) is 0 Å². The molecule has 1 saturated carbocycles. The lowest BCUT2D eigenvalue weighted by molar-refractivity contribution is -0.142. The highest BCUT2D eigenvalue weighted by Crippen LogP contribution is 2.33. The van der Waals surface area contributed by atoms with Gasteiger partial charge in [0, 0.05) is 36.6 Å². The highest BCUT2D eigenvalue weighted by atomic mass is 16.4. The number of carbonyl (C=O) groups excluding carboxylic acids is 2. The number of benzene rings is 1. The first-order chi connectivity index (χ1) is 16.0. The molecule has 3 N–H and O–H groups in total. The van der Waals surface area contributed by atoms with Gasteiger partial charge in [-0.25, -0.2) is 0 Å². The Labute approximate surface area is 194 Å². The maximum atomic E-state index is 13.3. The molecule has 2 bridgehead atoms. The molecule has 2 heterocycles. The van der Waals surface area contributed by atoms with Crippen molar-refractivity contribution in [3.63, 3.8) is 0 Å². The highest BCUT2D eigenvalue weighted by molar-refractivity contribution is 5.91. The summed E-state index contributed by atoms with van der Waals surface area (Å²) in [5, 5.41) is 16.5. The Morgan fingerprint density at radius 3 is 2.64 bits per heavy atom. The van der Waals surface area contributed by atoms with Crippen LogP contribution in [0.5, 0.6) is 0 Å². The van der Waals surface area contributed by atoms with Gasteiger partial charge in [-0.05, 0) is 43.2 Å². The summed E-state index contributed by atoms with van der Waals surface area (Å²) in [6.45, 7) is 1.52.